The first-order chi connectivity index (χ1) is 10.0. The Morgan fingerprint density at radius 2 is 1.90 bits per heavy atom. The van der Waals surface area contributed by atoms with Crippen LogP contribution in [0.1, 0.15) is 35.2 Å². The molecule has 0 fully saturated rings. The lowest BCUT2D eigenvalue weighted by molar-refractivity contribution is -0.122. The molecule has 0 spiro atoms. The first kappa shape index (κ1) is 16.7. The van der Waals surface area contributed by atoms with Crippen molar-refractivity contribution in [2.75, 3.05) is 6.54 Å². The van der Waals surface area contributed by atoms with E-state index in [1.54, 1.807) is 12.1 Å². The lowest BCUT2D eigenvalue weighted by atomic mass is 10.1. The van der Waals surface area contributed by atoms with Crippen LogP contribution in [0.25, 0.3) is 0 Å². The minimum atomic E-state index is -0.643. The average Bonchev–Trinajstić information content (AvgIpc) is 2.46. The van der Waals surface area contributed by atoms with Gasteiger partial charge >= 0.3 is 0 Å². The Morgan fingerprint density at radius 3 is 2.48 bits per heavy atom. The van der Waals surface area contributed by atoms with Crippen LogP contribution in [-0.2, 0) is 9.59 Å². The van der Waals surface area contributed by atoms with Crippen molar-refractivity contribution in [2.45, 2.75) is 32.2 Å². The van der Waals surface area contributed by atoms with Gasteiger partial charge in [-0.25, -0.2) is 0 Å². The number of hydrogen-bond acceptors (Lipinski definition) is 3. The average molecular weight is 291 g/mol. The Morgan fingerprint density at radius 1 is 1.24 bits per heavy atom. The topological polar surface area (TPSA) is 101 Å². The first-order valence-electron chi connectivity index (χ1n) is 6.88. The van der Waals surface area contributed by atoms with Gasteiger partial charge in [-0.3, -0.25) is 14.4 Å². The van der Waals surface area contributed by atoms with Crippen molar-refractivity contribution in [2.24, 2.45) is 5.73 Å². The molecule has 0 aliphatic rings. The number of hydrogen-bond donors (Lipinski definition) is 3. The third-order valence-electron chi connectivity index (χ3n) is 3.13. The van der Waals surface area contributed by atoms with E-state index in [-0.39, 0.29) is 5.91 Å². The Kier molecular flexibility index (Phi) is 6.94. The molecule has 6 nitrogen and oxygen atoms in total. The Balaban J connectivity index is 2.24. The van der Waals surface area contributed by atoms with Crippen LogP contribution >= 0.6 is 0 Å². The molecule has 3 amide bonds. The van der Waals surface area contributed by atoms with Crippen molar-refractivity contribution in [1.82, 2.24) is 10.6 Å². The first-order valence-corrected chi connectivity index (χ1v) is 6.88. The fourth-order valence-electron chi connectivity index (χ4n) is 1.87. The number of benzene rings is 1. The van der Waals surface area contributed by atoms with E-state index in [0.29, 0.717) is 37.8 Å². The molecule has 0 aliphatic heterocycles. The van der Waals surface area contributed by atoms with Crippen LogP contribution in [0.5, 0.6) is 0 Å². The van der Waals surface area contributed by atoms with Gasteiger partial charge in [0.05, 0.1) is 0 Å². The second-order valence-corrected chi connectivity index (χ2v) is 4.86. The number of primary amides is 1. The minimum absolute atomic E-state index is 0.118. The molecule has 0 bridgehead atoms. The molecule has 0 saturated heterocycles. The van der Waals surface area contributed by atoms with E-state index in [1.807, 2.05) is 19.1 Å². The molecule has 0 radical (unpaired) electrons. The van der Waals surface area contributed by atoms with Crippen molar-refractivity contribution >= 4 is 18.2 Å². The number of aryl methyl sites for hydroxylation is 1. The van der Waals surface area contributed by atoms with Crippen LogP contribution in [0.15, 0.2) is 24.3 Å². The molecule has 1 aromatic carbocycles. The number of rotatable bonds is 9. The van der Waals surface area contributed by atoms with Gasteiger partial charge < -0.3 is 16.4 Å². The van der Waals surface area contributed by atoms with Crippen LogP contribution in [0.4, 0.5) is 0 Å². The summed E-state index contributed by atoms with van der Waals surface area (Å²) in [5, 5.41) is 5.18. The second kappa shape index (κ2) is 8.73. The van der Waals surface area contributed by atoms with E-state index in [9.17, 15) is 14.4 Å². The van der Waals surface area contributed by atoms with Crippen LogP contribution in [0.3, 0.4) is 0 Å². The van der Waals surface area contributed by atoms with Crippen molar-refractivity contribution in [3.8, 4) is 0 Å². The van der Waals surface area contributed by atoms with Crippen molar-refractivity contribution in [1.29, 1.82) is 0 Å². The van der Waals surface area contributed by atoms with E-state index >= 15 is 0 Å². The van der Waals surface area contributed by atoms with E-state index in [1.165, 1.54) is 0 Å². The summed E-state index contributed by atoms with van der Waals surface area (Å²) in [6.07, 6.45) is 2.33. The molecule has 114 valence electrons. The van der Waals surface area contributed by atoms with Gasteiger partial charge in [0.1, 0.15) is 6.04 Å². The number of amides is 3. The highest BCUT2D eigenvalue weighted by atomic mass is 16.2. The van der Waals surface area contributed by atoms with Gasteiger partial charge in [-0.15, -0.1) is 0 Å². The highest BCUT2D eigenvalue weighted by Crippen LogP contribution is 2.03. The molecule has 1 aromatic rings. The molecule has 0 saturated carbocycles. The zero-order chi connectivity index (χ0) is 15.7. The number of nitrogens with two attached hydrogens (primary N) is 1. The predicted molar refractivity (Wildman–Crippen MR) is 79.5 cm³/mol. The molecule has 0 heterocycles. The van der Waals surface area contributed by atoms with Gasteiger partial charge in [-0.2, -0.15) is 0 Å². The Hall–Kier alpha value is -2.37. The van der Waals surface area contributed by atoms with Gasteiger partial charge in [-0.1, -0.05) is 17.7 Å². The highest BCUT2D eigenvalue weighted by Gasteiger charge is 2.13. The minimum Gasteiger partial charge on any atom is -0.368 e. The summed E-state index contributed by atoms with van der Waals surface area (Å²) in [4.78, 5) is 33.1. The zero-order valence-corrected chi connectivity index (χ0v) is 12.1. The van der Waals surface area contributed by atoms with Gasteiger partial charge in [0.2, 0.25) is 12.3 Å². The highest BCUT2D eigenvalue weighted by molar-refractivity contribution is 5.94. The van der Waals surface area contributed by atoms with E-state index in [2.05, 4.69) is 10.6 Å². The second-order valence-electron chi connectivity index (χ2n) is 4.86. The summed E-state index contributed by atoms with van der Waals surface area (Å²) >= 11 is 0. The molecular formula is C15H21N3O3. The molecule has 0 aromatic heterocycles. The van der Waals surface area contributed by atoms with Gasteiger partial charge in [0.25, 0.3) is 5.91 Å². The smallest absolute Gasteiger partial charge is 0.251 e. The SMILES string of the molecule is Cc1ccc(C(=O)NCCCC[C@H](NC=O)C(N)=O)cc1. The summed E-state index contributed by atoms with van der Waals surface area (Å²) < 4.78 is 0. The number of carbonyl (C=O) groups excluding carboxylic acids is 3. The van der Waals surface area contributed by atoms with Crippen LogP contribution in [0.2, 0.25) is 0 Å². The van der Waals surface area contributed by atoms with Gasteiger partial charge in [-0.05, 0) is 38.3 Å². The molecule has 1 rings (SSSR count). The maximum Gasteiger partial charge on any atom is 0.251 e. The molecule has 4 N–H and O–H groups in total. The maximum absolute atomic E-state index is 11.8. The summed E-state index contributed by atoms with van der Waals surface area (Å²) in [5.74, 6) is -0.668. The van der Waals surface area contributed by atoms with Crippen LogP contribution in [0, 0.1) is 6.92 Å². The summed E-state index contributed by atoms with van der Waals surface area (Å²) in [5.41, 5.74) is 6.87. The lowest BCUT2D eigenvalue weighted by Crippen LogP contribution is -2.40. The Labute approximate surface area is 124 Å². The molecule has 6 heteroatoms. The number of unbranched alkanes of at least 4 members (excludes halogenated alkanes) is 1. The quantitative estimate of drug-likeness (QED) is 0.456. The maximum atomic E-state index is 11.8. The molecular weight excluding hydrogens is 270 g/mol. The third-order valence-corrected chi connectivity index (χ3v) is 3.13. The summed E-state index contributed by atoms with van der Waals surface area (Å²) in [7, 11) is 0. The predicted octanol–water partition coefficient (Wildman–Crippen LogP) is 0.495. The van der Waals surface area contributed by atoms with Gasteiger partial charge in [0.15, 0.2) is 0 Å². The Bertz CT molecular complexity index is 485. The van der Waals surface area contributed by atoms with E-state index < -0.39 is 11.9 Å². The summed E-state index contributed by atoms with van der Waals surface area (Å²) in [6, 6.07) is 6.69. The largest absolute Gasteiger partial charge is 0.368 e. The number of carbonyl (C=O) groups is 3. The third kappa shape index (κ3) is 6.07. The fraction of sp³-hybridized carbons (Fsp3) is 0.400. The van der Waals surface area contributed by atoms with Crippen LogP contribution < -0.4 is 16.4 Å². The molecule has 21 heavy (non-hydrogen) atoms. The zero-order valence-electron chi connectivity index (χ0n) is 12.1. The lowest BCUT2D eigenvalue weighted by Gasteiger charge is -2.11. The standard InChI is InChI=1S/C15H21N3O3/c1-11-5-7-12(8-6-11)15(21)17-9-3-2-4-13(14(16)20)18-10-19/h5-8,10,13H,2-4,9H2,1H3,(H2,16,20)(H,17,21)(H,18,19)/t13-/m0/s1. The molecule has 0 unspecified atom stereocenters. The van der Waals surface area contributed by atoms with Crippen molar-refractivity contribution in [3.05, 3.63) is 35.4 Å². The van der Waals surface area contributed by atoms with Crippen LogP contribution in [-0.4, -0.2) is 30.8 Å². The fourth-order valence-corrected chi connectivity index (χ4v) is 1.87. The normalized spacial score (nSPS) is 11.5. The summed E-state index contributed by atoms with van der Waals surface area (Å²) in [6.45, 7) is 2.48. The number of nitrogens with one attached hydrogen (secondary N) is 2. The van der Waals surface area contributed by atoms with E-state index in [4.69, 9.17) is 5.73 Å². The monoisotopic (exact) mass is 291 g/mol. The molecule has 1 atom stereocenters. The molecule has 0 aliphatic carbocycles. The van der Waals surface area contributed by atoms with Gasteiger partial charge in [0, 0.05) is 12.1 Å². The van der Waals surface area contributed by atoms with E-state index in [0.717, 1.165) is 5.56 Å². The van der Waals surface area contributed by atoms with Crippen molar-refractivity contribution in [3.63, 3.8) is 0 Å². The van der Waals surface area contributed by atoms with Crippen molar-refractivity contribution < 1.29 is 14.4 Å².